The summed E-state index contributed by atoms with van der Waals surface area (Å²) in [4.78, 5) is 0. The van der Waals surface area contributed by atoms with Crippen LogP contribution in [-0.4, -0.2) is 25.0 Å². The van der Waals surface area contributed by atoms with Crippen LogP contribution in [0.4, 0.5) is 5.69 Å². The topological polar surface area (TPSA) is 77.9 Å². The molecule has 0 radical (unpaired) electrons. The molecule has 0 amide bonds. The molecule has 0 spiro atoms. The molecule has 1 heterocycles. The number of hydrogen-bond donors (Lipinski definition) is 1. The number of hydrogen-bond acceptors (Lipinski definition) is 5. The molecule has 3 aromatic rings. The SMILES string of the molecule is CC(C)Nc1c(I)nnc2cc(-c3ccc(CS(=O)[O-])cc3)ccc12. The molecule has 0 saturated carbocycles. The van der Waals surface area contributed by atoms with E-state index in [2.05, 4.69) is 52.0 Å². The van der Waals surface area contributed by atoms with Gasteiger partial charge in [0.25, 0.3) is 0 Å². The molecule has 130 valence electrons. The van der Waals surface area contributed by atoms with E-state index in [4.69, 9.17) is 0 Å². The van der Waals surface area contributed by atoms with Gasteiger partial charge in [0.15, 0.2) is 0 Å². The number of aromatic nitrogens is 2. The fourth-order valence-electron chi connectivity index (χ4n) is 2.62. The van der Waals surface area contributed by atoms with Gasteiger partial charge in [-0.2, -0.15) is 0 Å². The van der Waals surface area contributed by atoms with E-state index in [1.165, 1.54) is 0 Å². The Kier molecular flexibility index (Phi) is 5.65. The van der Waals surface area contributed by atoms with Gasteiger partial charge in [0, 0.05) is 17.2 Å². The lowest BCUT2D eigenvalue weighted by Crippen LogP contribution is -2.12. The molecule has 0 aliphatic carbocycles. The minimum absolute atomic E-state index is 0.0339. The number of nitrogens with one attached hydrogen (secondary N) is 1. The Morgan fingerprint density at radius 1 is 1.12 bits per heavy atom. The van der Waals surface area contributed by atoms with Crippen molar-refractivity contribution in [2.24, 2.45) is 0 Å². The summed E-state index contributed by atoms with van der Waals surface area (Å²) in [7, 11) is 0. The molecule has 7 heteroatoms. The van der Waals surface area contributed by atoms with Gasteiger partial charge in [-0.05, 0) is 65.3 Å². The summed E-state index contributed by atoms with van der Waals surface area (Å²) in [6.45, 7) is 4.18. The minimum Gasteiger partial charge on any atom is -0.772 e. The van der Waals surface area contributed by atoms with Gasteiger partial charge in [0.2, 0.25) is 0 Å². The summed E-state index contributed by atoms with van der Waals surface area (Å²) in [5.41, 5.74) is 4.64. The molecule has 0 aliphatic rings. The van der Waals surface area contributed by atoms with Crippen LogP contribution < -0.4 is 5.32 Å². The highest BCUT2D eigenvalue weighted by Gasteiger charge is 2.11. The van der Waals surface area contributed by atoms with E-state index >= 15 is 0 Å². The molecular formula is C18H17IN3O2S-. The number of anilines is 1. The Labute approximate surface area is 162 Å². The molecule has 0 fully saturated rings. The van der Waals surface area contributed by atoms with Gasteiger partial charge in [0.1, 0.15) is 3.70 Å². The predicted octanol–water partition coefficient (Wildman–Crippen LogP) is 4.10. The van der Waals surface area contributed by atoms with Crippen molar-refractivity contribution in [2.75, 3.05) is 5.32 Å². The third kappa shape index (κ3) is 4.34. The van der Waals surface area contributed by atoms with Crippen molar-refractivity contribution in [2.45, 2.75) is 25.6 Å². The maximum absolute atomic E-state index is 10.8. The van der Waals surface area contributed by atoms with Crippen molar-refractivity contribution in [3.8, 4) is 11.1 Å². The standard InChI is InChI=1S/C18H18IN3O2S/c1-11(2)20-17-15-8-7-14(9-16(15)21-22-18(17)19)13-5-3-12(4-6-13)10-25(23)24/h3-9,11H,10H2,1-2H3,(H,20,21)(H,23,24)/p-1. The summed E-state index contributed by atoms with van der Waals surface area (Å²) in [6.07, 6.45) is 0. The molecule has 2 aromatic carbocycles. The Balaban J connectivity index is 1.99. The first kappa shape index (κ1) is 18.2. The van der Waals surface area contributed by atoms with Gasteiger partial charge < -0.3 is 9.87 Å². The molecule has 1 N–H and O–H groups in total. The van der Waals surface area contributed by atoms with Crippen molar-refractivity contribution in [1.82, 2.24) is 10.2 Å². The van der Waals surface area contributed by atoms with E-state index < -0.39 is 11.1 Å². The lowest BCUT2D eigenvalue weighted by Gasteiger charge is -2.14. The Bertz CT molecular complexity index is 930. The van der Waals surface area contributed by atoms with Crippen LogP contribution in [-0.2, 0) is 16.8 Å². The summed E-state index contributed by atoms with van der Waals surface area (Å²) in [5.74, 6) is 0.0339. The zero-order chi connectivity index (χ0) is 18.0. The van der Waals surface area contributed by atoms with E-state index in [-0.39, 0.29) is 5.75 Å². The quantitative estimate of drug-likeness (QED) is 0.453. The van der Waals surface area contributed by atoms with E-state index in [9.17, 15) is 8.76 Å². The Morgan fingerprint density at radius 3 is 2.44 bits per heavy atom. The lowest BCUT2D eigenvalue weighted by molar-refractivity contribution is 0.536. The minimum atomic E-state index is -2.07. The summed E-state index contributed by atoms with van der Waals surface area (Å²) in [6, 6.07) is 13.9. The van der Waals surface area contributed by atoms with Crippen LogP contribution in [0.15, 0.2) is 42.5 Å². The van der Waals surface area contributed by atoms with Crippen molar-refractivity contribution in [3.63, 3.8) is 0 Å². The van der Waals surface area contributed by atoms with Gasteiger partial charge in [-0.1, -0.05) is 41.4 Å². The molecule has 1 atom stereocenters. The van der Waals surface area contributed by atoms with Crippen molar-refractivity contribution in [1.29, 1.82) is 0 Å². The van der Waals surface area contributed by atoms with Crippen molar-refractivity contribution < 1.29 is 8.76 Å². The first-order valence-electron chi connectivity index (χ1n) is 7.81. The lowest BCUT2D eigenvalue weighted by atomic mass is 10.0. The van der Waals surface area contributed by atoms with E-state index in [0.717, 1.165) is 37.0 Å². The monoisotopic (exact) mass is 466 g/mol. The fourth-order valence-corrected chi connectivity index (χ4v) is 3.64. The second kappa shape index (κ2) is 7.76. The zero-order valence-electron chi connectivity index (χ0n) is 13.8. The molecular weight excluding hydrogens is 449 g/mol. The van der Waals surface area contributed by atoms with E-state index in [1.54, 1.807) is 0 Å². The van der Waals surface area contributed by atoms with Gasteiger partial charge in [-0.25, -0.2) is 0 Å². The zero-order valence-corrected chi connectivity index (χ0v) is 16.8. The molecule has 0 aliphatic heterocycles. The summed E-state index contributed by atoms with van der Waals surface area (Å²) < 4.78 is 22.4. The number of fused-ring (bicyclic) bond motifs is 1. The van der Waals surface area contributed by atoms with Gasteiger partial charge in [-0.15, -0.1) is 10.2 Å². The Hall–Kier alpha value is -1.58. The average Bonchev–Trinajstić information content (AvgIpc) is 2.57. The molecule has 0 bridgehead atoms. The number of benzene rings is 2. The first-order chi connectivity index (χ1) is 11.9. The molecule has 1 aromatic heterocycles. The van der Waals surface area contributed by atoms with Crippen LogP contribution in [0.2, 0.25) is 0 Å². The highest BCUT2D eigenvalue weighted by Crippen LogP contribution is 2.30. The van der Waals surface area contributed by atoms with Crippen LogP contribution in [0.25, 0.3) is 22.0 Å². The first-order valence-corrected chi connectivity index (χ1v) is 10.1. The maximum atomic E-state index is 10.8. The highest BCUT2D eigenvalue weighted by molar-refractivity contribution is 14.1. The van der Waals surface area contributed by atoms with Crippen LogP contribution >= 0.6 is 22.6 Å². The Morgan fingerprint density at radius 2 is 1.80 bits per heavy atom. The smallest absolute Gasteiger partial charge is 0.147 e. The van der Waals surface area contributed by atoms with Crippen LogP contribution in [0.1, 0.15) is 19.4 Å². The molecule has 1 unspecified atom stereocenters. The predicted molar refractivity (Wildman–Crippen MR) is 109 cm³/mol. The van der Waals surface area contributed by atoms with Crippen molar-refractivity contribution >= 4 is 50.3 Å². The highest BCUT2D eigenvalue weighted by atomic mass is 127. The third-order valence-electron chi connectivity index (χ3n) is 3.72. The molecule has 5 nitrogen and oxygen atoms in total. The summed E-state index contributed by atoms with van der Waals surface area (Å²) in [5, 5.41) is 13.0. The van der Waals surface area contributed by atoms with Crippen LogP contribution in [0, 0.1) is 3.70 Å². The number of rotatable bonds is 5. The molecule has 0 saturated heterocycles. The van der Waals surface area contributed by atoms with E-state index in [1.807, 2.05) is 42.5 Å². The summed E-state index contributed by atoms with van der Waals surface area (Å²) >= 11 is 0.116. The number of nitrogens with zero attached hydrogens (tertiary/aromatic N) is 2. The van der Waals surface area contributed by atoms with Crippen LogP contribution in [0.3, 0.4) is 0 Å². The fraction of sp³-hybridized carbons (Fsp3) is 0.222. The van der Waals surface area contributed by atoms with Gasteiger partial charge >= 0.3 is 0 Å². The molecule has 25 heavy (non-hydrogen) atoms. The number of halogens is 1. The average molecular weight is 466 g/mol. The maximum Gasteiger partial charge on any atom is 0.147 e. The van der Waals surface area contributed by atoms with Gasteiger partial charge in [-0.3, -0.25) is 4.21 Å². The molecule has 3 rings (SSSR count). The second-order valence-corrected chi connectivity index (χ2v) is 7.96. The largest absolute Gasteiger partial charge is 0.772 e. The van der Waals surface area contributed by atoms with Crippen LogP contribution in [0.5, 0.6) is 0 Å². The normalized spacial score (nSPS) is 12.5. The second-order valence-electron chi connectivity index (χ2n) is 6.04. The van der Waals surface area contributed by atoms with E-state index in [0.29, 0.717) is 6.04 Å². The van der Waals surface area contributed by atoms with Crippen molar-refractivity contribution in [3.05, 3.63) is 51.7 Å². The van der Waals surface area contributed by atoms with Gasteiger partial charge in [0.05, 0.1) is 11.2 Å². The third-order valence-corrected chi connectivity index (χ3v) is 5.05.